The number of hydrogen-bond donors (Lipinski definition) is 2. The molecule has 0 atom stereocenters. The predicted octanol–water partition coefficient (Wildman–Crippen LogP) is 3.39. The molecule has 3 rings (SSSR count). The van der Waals surface area contributed by atoms with Crippen LogP contribution in [0.15, 0.2) is 48.5 Å². The second-order valence-electron chi connectivity index (χ2n) is 6.12. The molecule has 0 unspecified atom stereocenters. The molecule has 1 aliphatic rings. The second-order valence-corrected chi connectivity index (χ2v) is 6.12. The summed E-state index contributed by atoms with van der Waals surface area (Å²) in [5, 5.41) is 5.34. The summed E-state index contributed by atoms with van der Waals surface area (Å²) in [7, 11) is 0. The van der Waals surface area contributed by atoms with E-state index in [1.807, 2.05) is 0 Å². The number of benzene rings is 2. The van der Waals surface area contributed by atoms with Crippen LogP contribution in [0.5, 0.6) is 0 Å². The molecular formula is C19H19F2N3O2. The van der Waals surface area contributed by atoms with Gasteiger partial charge in [0.15, 0.2) is 0 Å². The van der Waals surface area contributed by atoms with Crippen LogP contribution in [-0.4, -0.2) is 36.0 Å². The highest BCUT2D eigenvalue weighted by atomic mass is 19.1. The fraction of sp³-hybridized carbons (Fsp3) is 0.263. The molecular weight excluding hydrogens is 340 g/mol. The molecule has 3 amide bonds. The Hall–Kier alpha value is -2.96. The summed E-state index contributed by atoms with van der Waals surface area (Å²) >= 11 is 0. The number of urea groups is 1. The van der Waals surface area contributed by atoms with Crippen molar-refractivity contribution < 1.29 is 18.4 Å². The van der Waals surface area contributed by atoms with Crippen LogP contribution in [0.3, 0.4) is 0 Å². The Bertz CT molecular complexity index is 805. The number of hydrogen-bond acceptors (Lipinski definition) is 2. The van der Waals surface area contributed by atoms with E-state index in [1.165, 1.54) is 30.3 Å². The van der Waals surface area contributed by atoms with Gasteiger partial charge in [-0.2, -0.15) is 0 Å². The molecule has 136 valence electrons. The summed E-state index contributed by atoms with van der Waals surface area (Å²) in [4.78, 5) is 25.9. The first-order valence-corrected chi connectivity index (χ1v) is 8.40. The summed E-state index contributed by atoms with van der Waals surface area (Å²) in [6.45, 7) is 0.838. The predicted molar refractivity (Wildman–Crippen MR) is 93.9 cm³/mol. The molecule has 7 heteroatoms. The zero-order valence-corrected chi connectivity index (χ0v) is 14.0. The molecule has 1 heterocycles. The van der Waals surface area contributed by atoms with E-state index in [2.05, 4.69) is 10.6 Å². The smallest absolute Gasteiger partial charge is 0.321 e. The van der Waals surface area contributed by atoms with Crippen LogP contribution in [0, 0.1) is 11.6 Å². The van der Waals surface area contributed by atoms with Crippen LogP contribution in [-0.2, 0) is 0 Å². The number of carbonyl (C=O) groups is 2. The lowest BCUT2D eigenvalue weighted by atomic mass is 10.0. The molecule has 2 aromatic rings. The fourth-order valence-corrected chi connectivity index (χ4v) is 2.89. The molecule has 1 fully saturated rings. The standard InChI is InChI=1S/C19H19F2N3O2/c20-15-6-2-1-5-14(15)18(25)22-13-9-11-24(12-10-13)19(26)23-17-8-4-3-7-16(17)21/h1-8,13H,9-12H2,(H,22,25)(H,23,26). The lowest BCUT2D eigenvalue weighted by Gasteiger charge is -2.32. The molecule has 0 spiro atoms. The van der Waals surface area contributed by atoms with Crippen LogP contribution < -0.4 is 10.6 Å². The highest BCUT2D eigenvalue weighted by molar-refractivity contribution is 5.94. The molecule has 0 bridgehead atoms. The van der Waals surface area contributed by atoms with Gasteiger partial charge in [-0.25, -0.2) is 13.6 Å². The van der Waals surface area contributed by atoms with E-state index < -0.39 is 17.5 Å². The Morgan fingerprint density at radius 1 is 0.923 bits per heavy atom. The Morgan fingerprint density at radius 3 is 2.19 bits per heavy atom. The van der Waals surface area contributed by atoms with Crippen molar-refractivity contribution >= 4 is 17.6 Å². The van der Waals surface area contributed by atoms with Crippen molar-refractivity contribution in [1.82, 2.24) is 10.2 Å². The third-order valence-electron chi connectivity index (χ3n) is 4.35. The number of nitrogens with zero attached hydrogens (tertiary/aromatic N) is 1. The Kier molecular flexibility index (Phi) is 5.46. The third kappa shape index (κ3) is 4.17. The van der Waals surface area contributed by atoms with Gasteiger partial charge in [0.25, 0.3) is 5.91 Å². The maximum atomic E-state index is 13.6. The van der Waals surface area contributed by atoms with E-state index in [0.29, 0.717) is 25.9 Å². The number of nitrogens with one attached hydrogen (secondary N) is 2. The van der Waals surface area contributed by atoms with Gasteiger partial charge in [-0.15, -0.1) is 0 Å². The van der Waals surface area contributed by atoms with Gasteiger partial charge in [0.2, 0.25) is 0 Å². The lowest BCUT2D eigenvalue weighted by molar-refractivity contribution is 0.0915. The average Bonchev–Trinajstić information content (AvgIpc) is 2.64. The number of para-hydroxylation sites is 1. The van der Waals surface area contributed by atoms with Gasteiger partial charge in [0.05, 0.1) is 11.3 Å². The molecule has 1 saturated heterocycles. The number of amides is 3. The van der Waals surface area contributed by atoms with Crippen molar-refractivity contribution in [2.45, 2.75) is 18.9 Å². The molecule has 26 heavy (non-hydrogen) atoms. The quantitative estimate of drug-likeness (QED) is 0.882. The molecule has 0 radical (unpaired) electrons. The Morgan fingerprint density at radius 2 is 1.54 bits per heavy atom. The maximum Gasteiger partial charge on any atom is 0.321 e. The van der Waals surface area contributed by atoms with Crippen molar-refractivity contribution in [3.8, 4) is 0 Å². The minimum absolute atomic E-state index is 0.00669. The highest BCUT2D eigenvalue weighted by Gasteiger charge is 2.25. The SMILES string of the molecule is O=C(NC1CCN(C(=O)Nc2ccccc2F)CC1)c1ccccc1F. The maximum absolute atomic E-state index is 13.6. The van der Waals surface area contributed by atoms with E-state index in [1.54, 1.807) is 23.1 Å². The molecule has 0 aromatic heterocycles. The minimum atomic E-state index is -0.563. The van der Waals surface area contributed by atoms with Gasteiger partial charge < -0.3 is 15.5 Å². The van der Waals surface area contributed by atoms with Crippen molar-refractivity contribution in [2.24, 2.45) is 0 Å². The van der Waals surface area contributed by atoms with Crippen molar-refractivity contribution in [1.29, 1.82) is 0 Å². The molecule has 5 nitrogen and oxygen atoms in total. The largest absolute Gasteiger partial charge is 0.349 e. The van der Waals surface area contributed by atoms with Gasteiger partial charge in [-0.05, 0) is 37.1 Å². The molecule has 0 aliphatic carbocycles. The fourth-order valence-electron chi connectivity index (χ4n) is 2.89. The van der Waals surface area contributed by atoms with E-state index in [-0.39, 0.29) is 23.3 Å². The zero-order chi connectivity index (χ0) is 18.5. The summed E-state index contributed by atoms with van der Waals surface area (Å²) < 4.78 is 27.3. The first-order valence-electron chi connectivity index (χ1n) is 8.40. The normalized spacial score (nSPS) is 14.8. The average molecular weight is 359 g/mol. The number of piperidine rings is 1. The number of halogens is 2. The first-order chi connectivity index (χ1) is 12.5. The van der Waals surface area contributed by atoms with Gasteiger partial charge in [0.1, 0.15) is 11.6 Å². The van der Waals surface area contributed by atoms with E-state index in [4.69, 9.17) is 0 Å². The number of carbonyl (C=O) groups excluding carboxylic acids is 2. The van der Waals surface area contributed by atoms with Crippen molar-refractivity contribution in [3.05, 3.63) is 65.7 Å². The third-order valence-corrected chi connectivity index (χ3v) is 4.35. The Labute approximate surface area is 150 Å². The van der Waals surface area contributed by atoms with Crippen molar-refractivity contribution in [2.75, 3.05) is 18.4 Å². The van der Waals surface area contributed by atoms with Crippen LogP contribution in [0.1, 0.15) is 23.2 Å². The minimum Gasteiger partial charge on any atom is -0.349 e. The second kappa shape index (κ2) is 7.95. The Balaban J connectivity index is 1.51. The molecule has 1 aliphatic heterocycles. The number of anilines is 1. The first kappa shape index (κ1) is 17.8. The van der Waals surface area contributed by atoms with Crippen LogP contribution in [0.2, 0.25) is 0 Å². The summed E-state index contributed by atoms with van der Waals surface area (Å²) in [5.41, 5.74) is 0.139. The van der Waals surface area contributed by atoms with Gasteiger partial charge in [0, 0.05) is 19.1 Å². The molecule has 0 saturated carbocycles. The number of rotatable bonds is 3. The van der Waals surface area contributed by atoms with E-state index in [9.17, 15) is 18.4 Å². The van der Waals surface area contributed by atoms with Gasteiger partial charge in [-0.3, -0.25) is 4.79 Å². The topological polar surface area (TPSA) is 61.4 Å². The molecule has 2 aromatic carbocycles. The van der Waals surface area contributed by atoms with E-state index >= 15 is 0 Å². The zero-order valence-electron chi connectivity index (χ0n) is 14.0. The van der Waals surface area contributed by atoms with Gasteiger partial charge >= 0.3 is 6.03 Å². The monoisotopic (exact) mass is 359 g/mol. The summed E-state index contributed by atoms with van der Waals surface area (Å²) in [5.74, 6) is -1.52. The summed E-state index contributed by atoms with van der Waals surface area (Å²) in [6, 6.07) is 11.2. The van der Waals surface area contributed by atoms with E-state index in [0.717, 1.165) is 0 Å². The van der Waals surface area contributed by atoms with Crippen LogP contribution in [0.4, 0.5) is 19.3 Å². The van der Waals surface area contributed by atoms with Crippen molar-refractivity contribution in [3.63, 3.8) is 0 Å². The van der Waals surface area contributed by atoms with Crippen LogP contribution >= 0.6 is 0 Å². The highest BCUT2D eigenvalue weighted by Crippen LogP contribution is 2.16. The molecule has 2 N–H and O–H groups in total. The van der Waals surface area contributed by atoms with Gasteiger partial charge in [-0.1, -0.05) is 24.3 Å². The lowest BCUT2D eigenvalue weighted by Crippen LogP contribution is -2.47. The number of likely N-dealkylation sites (tertiary alicyclic amines) is 1. The summed E-state index contributed by atoms with van der Waals surface area (Å²) in [6.07, 6.45) is 1.09. The van der Waals surface area contributed by atoms with Crippen LogP contribution in [0.25, 0.3) is 0 Å².